The zero-order valence-corrected chi connectivity index (χ0v) is 12.9. The van der Waals surface area contributed by atoms with Crippen LogP contribution in [-0.2, 0) is 0 Å². The molecule has 0 aliphatic carbocycles. The Balaban J connectivity index is 2.05. The molecule has 0 saturated carbocycles. The van der Waals surface area contributed by atoms with E-state index >= 15 is 0 Å². The summed E-state index contributed by atoms with van der Waals surface area (Å²) in [5, 5.41) is 2.61. The van der Waals surface area contributed by atoms with Crippen molar-refractivity contribution in [2.75, 3.05) is 4.90 Å². The van der Waals surface area contributed by atoms with Gasteiger partial charge in [0.15, 0.2) is 0 Å². The van der Waals surface area contributed by atoms with Gasteiger partial charge in [-0.1, -0.05) is 42.5 Å². The Morgan fingerprint density at radius 2 is 1.55 bits per heavy atom. The predicted molar refractivity (Wildman–Crippen MR) is 93.6 cm³/mol. The van der Waals surface area contributed by atoms with Crippen LogP contribution in [0, 0.1) is 0 Å². The van der Waals surface area contributed by atoms with Gasteiger partial charge in [-0.15, -0.1) is 0 Å². The smallest absolute Gasteiger partial charge is 0.230 e. The summed E-state index contributed by atoms with van der Waals surface area (Å²) >= 11 is 0. The SMILES string of the molecule is CC(C)[N+]1=CN(c2ccccc2)c2cccc3cccc1c23. The molecule has 0 saturated heterocycles. The lowest BCUT2D eigenvalue weighted by molar-refractivity contribution is -0.470. The molecular weight excluding hydrogens is 268 g/mol. The van der Waals surface area contributed by atoms with Crippen LogP contribution in [0.5, 0.6) is 0 Å². The average Bonchev–Trinajstić information content (AvgIpc) is 2.56. The standard InChI is InChI=1S/C20H19N2/c1-15(2)21-14-22(17-10-4-3-5-11-17)19-13-7-9-16-8-6-12-18(21)20(16)19/h3-15H,1-2H3/q+1. The molecule has 0 N–H and O–H groups in total. The molecule has 0 bridgehead atoms. The molecule has 108 valence electrons. The Kier molecular flexibility index (Phi) is 2.97. The molecule has 1 heterocycles. The van der Waals surface area contributed by atoms with Crippen LogP contribution in [0.1, 0.15) is 13.8 Å². The molecule has 0 fully saturated rings. The maximum atomic E-state index is 2.35. The molecule has 4 rings (SSSR count). The minimum Gasteiger partial charge on any atom is -0.230 e. The van der Waals surface area contributed by atoms with Crippen molar-refractivity contribution < 1.29 is 4.58 Å². The van der Waals surface area contributed by atoms with Gasteiger partial charge in [-0.3, -0.25) is 0 Å². The van der Waals surface area contributed by atoms with E-state index < -0.39 is 0 Å². The molecule has 2 nitrogen and oxygen atoms in total. The van der Waals surface area contributed by atoms with Crippen LogP contribution >= 0.6 is 0 Å². The van der Waals surface area contributed by atoms with Crippen molar-refractivity contribution in [2.45, 2.75) is 19.9 Å². The van der Waals surface area contributed by atoms with E-state index in [4.69, 9.17) is 0 Å². The lowest BCUT2D eigenvalue weighted by atomic mass is 10.0. The summed E-state index contributed by atoms with van der Waals surface area (Å²) in [4.78, 5) is 2.29. The topological polar surface area (TPSA) is 6.25 Å². The molecule has 1 aliphatic heterocycles. The van der Waals surface area contributed by atoms with Crippen LogP contribution in [0.4, 0.5) is 17.1 Å². The molecule has 0 spiro atoms. The van der Waals surface area contributed by atoms with Gasteiger partial charge in [-0.05, 0) is 43.5 Å². The summed E-state index contributed by atoms with van der Waals surface area (Å²) in [5.41, 5.74) is 3.72. The van der Waals surface area contributed by atoms with Crippen LogP contribution in [0.25, 0.3) is 10.8 Å². The van der Waals surface area contributed by atoms with E-state index in [9.17, 15) is 0 Å². The van der Waals surface area contributed by atoms with Gasteiger partial charge in [0.1, 0.15) is 17.1 Å². The van der Waals surface area contributed by atoms with E-state index in [0.29, 0.717) is 6.04 Å². The summed E-state index contributed by atoms with van der Waals surface area (Å²) in [5.74, 6) is 0. The maximum absolute atomic E-state index is 2.35. The highest BCUT2D eigenvalue weighted by molar-refractivity contribution is 6.09. The molecule has 0 atom stereocenters. The van der Waals surface area contributed by atoms with E-state index in [0.717, 1.165) is 0 Å². The minimum absolute atomic E-state index is 0.408. The van der Waals surface area contributed by atoms with Gasteiger partial charge in [0.05, 0.1) is 11.4 Å². The molecule has 0 amide bonds. The van der Waals surface area contributed by atoms with Crippen molar-refractivity contribution >= 4 is 34.2 Å². The summed E-state index contributed by atoms with van der Waals surface area (Å²) in [6, 6.07) is 24.0. The van der Waals surface area contributed by atoms with Crippen LogP contribution in [0.15, 0.2) is 66.7 Å². The molecule has 0 unspecified atom stereocenters. The summed E-state index contributed by atoms with van der Waals surface area (Å²) in [6.07, 6.45) is 2.22. The summed E-state index contributed by atoms with van der Waals surface area (Å²) in [6.45, 7) is 4.46. The fourth-order valence-corrected chi connectivity index (χ4v) is 3.17. The summed E-state index contributed by atoms with van der Waals surface area (Å²) < 4.78 is 2.35. The Bertz CT molecular complexity index is 858. The van der Waals surface area contributed by atoms with Crippen molar-refractivity contribution in [1.82, 2.24) is 0 Å². The highest BCUT2D eigenvalue weighted by atomic mass is 15.2. The summed E-state index contributed by atoms with van der Waals surface area (Å²) in [7, 11) is 0. The number of rotatable bonds is 2. The zero-order chi connectivity index (χ0) is 15.1. The van der Waals surface area contributed by atoms with E-state index in [2.05, 4.69) is 96.4 Å². The largest absolute Gasteiger partial charge is 0.249 e. The van der Waals surface area contributed by atoms with Crippen LogP contribution in [0.2, 0.25) is 0 Å². The zero-order valence-electron chi connectivity index (χ0n) is 12.9. The Morgan fingerprint density at radius 3 is 2.27 bits per heavy atom. The van der Waals surface area contributed by atoms with Crippen LogP contribution < -0.4 is 4.90 Å². The maximum Gasteiger partial charge on any atom is 0.249 e. The van der Waals surface area contributed by atoms with Crippen molar-refractivity contribution in [3.8, 4) is 0 Å². The van der Waals surface area contributed by atoms with Crippen molar-refractivity contribution in [2.24, 2.45) is 0 Å². The first-order valence-electron chi connectivity index (χ1n) is 7.75. The number of nitrogens with zero attached hydrogens (tertiary/aromatic N) is 2. The van der Waals surface area contributed by atoms with Crippen molar-refractivity contribution in [1.29, 1.82) is 0 Å². The number of benzene rings is 3. The van der Waals surface area contributed by atoms with Crippen LogP contribution in [0.3, 0.4) is 0 Å². The fraction of sp³-hybridized carbons (Fsp3) is 0.150. The molecule has 1 aliphatic rings. The highest BCUT2D eigenvalue weighted by Crippen LogP contribution is 2.40. The quantitative estimate of drug-likeness (QED) is 0.596. The lowest BCUT2D eigenvalue weighted by Gasteiger charge is -2.24. The predicted octanol–water partition coefficient (Wildman–Crippen LogP) is 5.07. The molecule has 2 heteroatoms. The second-order valence-corrected chi connectivity index (χ2v) is 5.97. The van der Waals surface area contributed by atoms with Gasteiger partial charge < -0.3 is 0 Å². The van der Waals surface area contributed by atoms with Gasteiger partial charge in [-0.2, -0.15) is 4.90 Å². The molecule has 3 aromatic carbocycles. The first-order chi connectivity index (χ1) is 10.8. The number of hydrogen-bond acceptors (Lipinski definition) is 1. The van der Waals surface area contributed by atoms with E-state index in [1.165, 1.54) is 27.8 Å². The second-order valence-electron chi connectivity index (χ2n) is 5.97. The third-order valence-corrected chi connectivity index (χ3v) is 4.23. The molecule has 0 aromatic heterocycles. The fourth-order valence-electron chi connectivity index (χ4n) is 3.17. The van der Waals surface area contributed by atoms with Crippen LogP contribution in [-0.4, -0.2) is 17.0 Å². The van der Waals surface area contributed by atoms with Gasteiger partial charge in [-0.25, -0.2) is 4.58 Å². The first kappa shape index (κ1) is 13.1. The average molecular weight is 287 g/mol. The third-order valence-electron chi connectivity index (χ3n) is 4.23. The molecule has 22 heavy (non-hydrogen) atoms. The van der Waals surface area contributed by atoms with Gasteiger partial charge in [0.2, 0.25) is 6.34 Å². The number of para-hydroxylation sites is 1. The minimum atomic E-state index is 0.408. The second kappa shape index (κ2) is 4.99. The monoisotopic (exact) mass is 287 g/mol. The lowest BCUT2D eigenvalue weighted by Crippen LogP contribution is -2.29. The molecule has 0 radical (unpaired) electrons. The third kappa shape index (κ3) is 1.92. The van der Waals surface area contributed by atoms with Gasteiger partial charge in [0.25, 0.3) is 0 Å². The normalized spacial score (nSPS) is 13.6. The molecular formula is C20H19N2+. The number of anilines is 2. The van der Waals surface area contributed by atoms with E-state index in [1.54, 1.807) is 0 Å². The number of hydrogen-bond donors (Lipinski definition) is 0. The molecule has 3 aromatic rings. The van der Waals surface area contributed by atoms with Crippen molar-refractivity contribution in [3.63, 3.8) is 0 Å². The highest BCUT2D eigenvalue weighted by Gasteiger charge is 2.28. The Labute approximate surface area is 130 Å². The van der Waals surface area contributed by atoms with E-state index in [-0.39, 0.29) is 0 Å². The van der Waals surface area contributed by atoms with Gasteiger partial charge in [0, 0.05) is 0 Å². The first-order valence-corrected chi connectivity index (χ1v) is 7.75. The van der Waals surface area contributed by atoms with Gasteiger partial charge >= 0.3 is 0 Å². The van der Waals surface area contributed by atoms with E-state index in [1.807, 2.05) is 0 Å². The Hall–Kier alpha value is -2.61. The van der Waals surface area contributed by atoms with Crippen molar-refractivity contribution in [3.05, 3.63) is 66.7 Å². The Morgan fingerprint density at radius 1 is 0.818 bits per heavy atom.